The number of aromatic nitrogens is 3. The van der Waals surface area contributed by atoms with Crippen LogP contribution in [0.4, 0.5) is 10.6 Å². The molecule has 152 valence electrons. The minimum Gasteiger partial charge on any atom is -0.444 e. The highest BCUT2D eigenvalue weighted by Gasteiger charge is 2.37. The van der Waals surface area contributed by atoms with Gasteiger partial charge < -0.3 is 19.5 Å². The number of aromatic amines is 1. The van der Waals surface area contributed by atoms with Gasteiger partial charge in [0.25, 0.3) is 0 Å². The van der Waals surface area contributed by atoms with Crippen molar-refractivity contribution in [3.63, 3.8) is 0 Å². The number of carbonyl (C=O) groups excluding carboxylic acids is 1. The van der Waals surface area contributed by atoms with E-state index in [1.807, 2.05) is 44.8 Å². The van der Waals surface area contributed by atoms with Crippen LogP contribution in [0, 0.1) is 5.92 Å². The first-order valence-electron chi connectivity index (χ1n) is 9.90. The van der Waals surface area contributed by atoms with Crippen LogP contribution in [-0.4, -0.2) is 68.7 Å². The molecule has 8 heteroatoms. The molecular weight excluding hydrogens is 374 g/mol. The molecule has 0 radical (unpaired) electrons. The Balaban J connectivity index is 1.18. The predicted molar refractivity (Wildman–Crippen MR) is 113 cm³/mol. The summed E-state index contributed by atoms with van der Waals surface area (Å²) in [5.41, 5.74) is 0.473. The number of nitrogens with zero attached hydrogens (tertiary/aromatic N) is 4. The second kappa shape index (κ2) is 7.46. The summed E-state index contributed by atoms with van der Waals surface area (Å²) < 4.78 is 5.41. The molecule has 1 aliphatic heterocycles. The zero-order valence-electron chi connectivity index (χ0n) is 17.0. The van der Waals surface area contributed by atoms with E-state index in [0.717, 1.165) is 35.9 Å². The van der Waals surface area contributed by atoms with E-state index in [1.54, 1.807) is 11.2 Å². The predicted octanol–water partition coefficient (Wildman–Crippen LogP) is 3.53. The number of ether oxygens (including phenoxy) is 1. The Morgan fingerprint density at radius 2 is 2.11 bits per heavy atom. The van der Waals surface area contributed by atoms with Crippen LogP contribution < -0.4 is 4.90 Å². The van der Waals surface area contributed by atoms with Crippen molar-refractivity contribution in [1.29, 1.82) is 0 Å². The second-order valence-corrected chi connectivity index (χ2v) is 10.2. The number of hydrogen-bond donors (Lipinski definition) is 1. The highest BCUT2D eigenvalue weighted by Crippen LogP contribution is 2.38. The van der Waals surface area contributed by atoms with Gasteiger partial charge in [0.1, 0.15) is 23.4 Å². The van der Waals surface area contributed by atoms with Gasteiger partial charge in [-0.3, -0.25) is 0 Å². The number of anilines is 1. The fourth-order valence-electron chi connectivity index (χ4n) is 3.76. The van der Waals surface area contributed by atoms with Crippen molar-refractivity contribution in [2.75, 3.05) is 30.8 Å². The van der Waals surface area contributed by atoms with Crippen molar-refractivity contribution < 1.29 is 9.53 Å². The van der Waals surface area contributed by atoms with E-state index in [2.05, 4.69) is 26.9 Å². The number of carbonyl (C=O) groups is 1. The number of likely N-dealkylation sites (tertiary alicyclic amines) is 1. The lowest BCUT2D eigenvalue weighted by molar-refractivity contribution is 0.0143. The van der Waals surface area contributed by atoms with Crippen LogP contribution >= 0.6 is 11.8 Å². The van der Waals surface area contributed by atoms with Gasteiger partial charge in [-0.1, -0.05) is 0 Å². The number of H-pyrrole nitrogens is 1. The molecule has 2 aliphatic rings. The highest BCUT2D eigenvalue weighted by molar-refractivity contribution is 8.00. The molecule has 2 fully saturated rings. The zero-order valence-corrected chi connectivity index (χ0v) is 17.8. The molecule has 1 saturated heterocycles. The SMILES string of the molecule is CN(c1ncnc2[nH]ccc12)C1CC(CSC2CN(C(=O)OC(C)(C)C)C2)C1. The third kappa shape index (κ3) is 4.06. The van der Waals surface area contributed by atoms with Gasteiger partial charge in [0.05, 0.1) is 5.39 Å². The molecule has 1 amide bonds. The molecule has 2 aromatic heterocycles. The van der Waals surface area contributed by atoms with E-state index in [0.29, 0.717) is 11.3 Å². The van der Waals surface area contributed by atoms with Gasteiger partial charge in [-0.2, -0.15) is 11.8 Å². The number of amides is 1. The summed E-state index contributed by atoms with van der Waals surface area (Å²) >= 11 is 2.00. The largest absolute Gasteiger partial charge is 0.444 e. The van der Waals surface area contributed by atoms with E-state index in [1.165, 1.54) is 18.6 Å². The lowest BCUT2D eigenvalue weighted by atomic mass is 9.81. The van der Waals surface area contributed by atoms with Crippen molar-refractivity contribution in [3.05, 3.63) is 18.6 Å². The normalized spacial score (nSPS) is 22.6. The van der Waals surface area contributed by atoms with E-state index < -0.39 is 5.60 Å². The number of nitrogens with one attached hydrogen (secondary N) is 1. The van der Waals surface area contributed by atoms with E-state index in [4.69, 9.17) is 4.74 Å². The van der Waals surface area contributed by atoms with Crippen molar-refractivity contribution in [2.24, 2.45) is 5.92 Å². The first kappa shape index (κ1) is 19.4. The fourth-order valence-corrected chi connectivity index (χ4v) is 5.14. The first-order chi connectivity index (χ1) is 13.3. The summed E-state index contributed by atoms with van der Waals surface area (Å²) in [6.45, 7) is 7.33. The van der Waals surface area contributed by atoms with Gasteiger partial charge in [0.15, 0.2) is 0 Å². The Kier molecular flexibility index (Phi) is 5.16. The molecule has 0 atom stereocenters. The monoisotopic (exact) mass is 403 g/mol. The summed E-state index contributed by atoms with van der Waals surface area (Å²) in [5, 5.41) is 1.63. The molecule has 28 heavy (non-hydrogen) atoms. The molecule has 0 bridgehead atoms. The van der Waals surface area contributed by atoms with Gasteiger partial charge in [0.2, 0.25) is 0 Å². The number of fused-ring (bicyclic) bond motifs is 1. The van der Waals surface area contributed by atoms with Crippen LogP contribution in [0.15, 0.2) is 18.6 Å². The lowest BCUT2D eigenvalue weighted by Crippen LogP contribution is -2.54. The molecule has 3 heterocycles. The Labute approximate surface area is 170 Å². The minimum absolute atomic E-state index is 0.185. The molecule has 2 aromatic rings. The van der Waals surface area contributed by atoms with Gasteiger partial charge in [-0.15, -0.1) is 0 Å². The Morgan fingerprint density at radius 3 is 2.82 bits per heavy atom. The second-order valence-electron chi connectivity index (χ2n) is 8.88. The Hall–Kier alpha value is -1.96. The standard InChI is InChI=1S/C20H29N5O2S/c1-20(2,3)27-19(26)25-9-15(10-25)28-11-13-7-14(8-13)24(4)18-16-5-6-21-17(16)22-12-23-18/h5-6,12-15H,7-11H2,1-4H3,(H,21,22,23). The maximum absolute atomic E-state index is 12.0. The Morgan fingerprint density at radius 1 is 1.36 bits per heavy atom. The molecule has 7 nitrogen and oxygen atoms in total. The molecular formula is C20H29N5O2S. The molecule has 1 N–H and O–H groups in total. The van der Waals surface area contributed by atoms with Crippen molar-refractivity contribution in [3.8, 4) is 0 Å². The fraction of sp³-hybridized carbons (Fsp3) is 0.650. The molecule has 0 spiro atoms. The summed E-state index contributed by atoms with van der Waals surface area (Å²) in [7, 11) is 2.13. The highest BCUT2D eigenvalue weighted by atomic mass is 32.2. The quantitative estimate of drug-likeness (QED) is 0.823. The average molecular weight is 404 g/mol. The van der Waals surface area contributed by atoms with Crippen molar-refractivity contribution in [2.45, 2.75) is 50.5 Å². The maximum Gasteiger partial charge on any atom is 0.410 e. The molecule has 0 aromatic carbocycles. The number of hydrogen-bond acceptors (Lipinski definition) is 6. The van der Waals surface area contributed by atoms with Crippen molar-refractivity contribution in [1.82, 2.24) is 19.9 Å². The zero-order chi connectivity index (χ0) is 19.9. The van der Waals surface area contributed by atoms with Crippen LogP contribution in [-0.2, 0) is 4.74 Å². The van der Waals surface area contributed by atoms with E-state index >= 15 is 0 Å². The number of rotatable bonds is 5. The topological polar surface area (TPSA) is 74.4 Å². The third-order valence-corrected chi connectivity index (χ3v) is 6.93. The molecule has 1 aliphatic carbocycles. The van der Waals surface area contributed by atoms with Crippen LogP contribution in [0.25, 0.3) is 11.0 Å². The van der Waals surface area contributed by atoms with Crippen LogP contribution in [0.2, 0.25) is 0 Å². The minimum atomic E-state index is -0.419. The van der Waals surface area contributed by atoms with Crippen LogP contribution in [0.3, 0.4) is 0 Å². The van der Waals surface area contributed by atoms with Crippen LogP contribution in [0.1, 0.15) is 33.6 Å². The van der Waals surface area contributed by atoms with E-state index in [-0.39, 0.29) is 6.09 Å². The molecule has 4 rings (SSSR count). The van der Waals surface area contributed by atoms with Crippen LogP contribution in [0.5, 0.6) is 0 Å². The average Bonchev–Trinajstić information content (AvgIpc) is 3.01. The summed E-state index contributed by atoms with van der Waals surface area (Å²) in [5.74, 6) is 2.92. The van der Waals surface area contributed by atoms with Gasteiger partial charge in [-0.25, -0.2) is 14.8 Å². The smallest absolute Gasteiger partial charge is 0.410 e. The van der Waals surface area contributed by atoms with Crippen molar-refractivity contribution >= 4 is 34.7 Å². The lowest BCUT2D eigenvalue weighted by Gasteiger charge is -2.44. The first-order valence-corrected chi connectivity index (χ1v) is 11.0. The molecule has 0 unspecified atom stereocenters. The summed E-state index contributed by atoms with van der Waals surface area (Å²) in [6.07, 6.45) is 5.75. The molecule has 1 saturated carbocycles. The van der Waals surface area contributed by atoms with Gasteiger partial charge >= 0.3 is 6.09 Å². The van der Waals surface area contributed by atoms with Gasteiger partial charge in [-0.05, 0) is 51.3 Å². The Bertz CT molecular complexity index is 836. The summed E-state index contributed by atoms with van der Waals surface area (Å²) in [4.78, 5) is 28.0. The maximum atomic E-state index is 12.0. The van der Waals surface area contributed by atoms with Gasteiger partial charge in [0, 0.05) is 37.6 Å². The van der Waals surface area contributed by atoms with E-state index in [9.17, 15) is 4.79 Å². The summed E-state index contributed by atoms with van der Waals surface area (Å²) in [6, 6.07) is 2.58. The number of thioether (sulfide) groups is 1. The third-order valence-electron chi connectivity index (χ3n) is 5.49.